The Labute approximate surface area is 254 Å². The van der Waals surface area contributed by atoms with Crippen LogP contribution in [0.1, 0.15) is 76.9 Å². The lowest BCUT2D eigenvalue weighted by atomic mass is 10.1. The van der Waals surface area contributed by atoms with E-state index in [9.17, 15) is 8.42 Å². The van der Waals surface area contributed by atoms with Gasteiger partial charge in [0.05, 0.1) is 48.2 Å². The van der Waals surface area contributed by atoms with Crippen molar-refractivity contribution >= 4 is 10.4 Å². The van der Waals surface area contributed by atoms with Crippen LogP contribution in [0.5, 0.6) is 0 Å². The van der Waals surface area contributed by atoms with Crippen LogP contribution in [0.3, 0.4) is 0 Å². The van der Waals surface area contributed by atoms with Crippen LogP contribution < -0.4 is 11.0 Å². The Hall–Kier alpha value is -3.37. The van der Waals surface area contributed by atoms with Crippen LogP contribution in [-0.2, 0) is 46.2 Å². The van der Waals surface area contributed by atoms with Crippen LogP contribution in [-0.4, -0.2) is 71.6 Å². The molecule has 0 aliphatic carbocycles. The Bertz CT molecular complexity index is 1470. The number of nitrogens with zero attached hydrogens (tertiary/aromatic N) is 8. The molecular formula is C28H44N10O4S. The van der Waals surface area contributed by atoms with Gasteiger partial charge in [-0.2, -0.15) is 8.42 Å². The van der Waals surface area contributed by atoms with E-state index >= 15 is 0 Å². The van der Waals surface area contributed by atoms with Gasteiger partial charge in [0, 0.05) is 31.4 Å². The highest BCUT2D eigenvalue weighted by Gasteiger charge is 2.25. The molecule has 3 heterocycles. The standard InChI is InChI=1S/C28H44N10O4S/c1-27(2,3)37-20-25(30-33-37)17-35(18-26-21-38(34-31-26)28(4,5)6)16-24-19-36(32-29-24)15-23-12-10-22(11-13-23)9-7-8-14-42-43(39,40)41/h10-13,19-21,30,33H,7-9,14-18H2,1-6H3,(H,39,40,41). The van der Waals surface area contributed by atoms with Gasteiger partial charge in [0.1, 0.15) is 0 Å². The molecule has 43 heavy (non-hydrogen) atoms. The molecule has 0 atom stereocenters. The highest BCUT2D eigenvalue weighted by atomic mass is 32.3. The number of aryl methyl sites for hydroxylation is 1. The van der Waals surface area contributed by atoms with E-state index in [2.05, 4.69) is 118 Å². The molecule has 2 aromatic heterocycles. The first-order valence-corrected chi connectivity index (χ1v) is 15.7. The van der Waals surface area contributed by atoms with Crippen molar-refractivity contribution in [3.8, 4) is 0 Å². The molecule has 3 aromatic rings. The third-order valence-corrected chi connectivity index (χ3v) is 7.25. The molecule has 0 bridgehead atoms. The summed E-state index contributed by atoms with van der Waals surface area (Å²) in [5, 5.41) is 19.6. The maximum Gasteiger partial charge on any atom is 0.397 e. The number of aromatic nitrogens is 6. The van der Waals surface area contributed by atoms with Gasteiger partial charge in [-0.15, -0.1) is 15.7 Å². The quantitative estimate of drug-likeness (QED) is 0.180. The van der Waals surface area contributed by atoms with Crippen molar-refractivity contribution in [3.63, 3.8) is 0 Å². The second-order valence-electron chi connectivity index (χ2n) is 12.8. The Morgan fingerprint density at radius 3 is 2.14 bits per heavy atom. The van der Waals surface area contributed by atoms with E-state index in [0.717, 1.165) is 41.1 Å². The van der Waals surface area contributed by atoms with Crippen molar-refractivity contribution in [1.29, 1.82) is 0 Å². The molecule has 1 aliphatic rings. The molecule has 3 N–H and O–H groups in total. The molecule has 15 heteroatoms. The highest BCUT2D eigenvalue weighted by Crippen LogP contribution is 2.18. The summed E-state index contributed by atoms with van der Waals surface area (Å²) in [5.41, 5.74) is 11.3. The summed E-state index contributed by atoms with van der Waals surface area (Å²) in [4.78, 5) is 2.26. The number of unbranched alkanes of at least 4 members (excludes halogenated alkanes) is 1. The predicted molar refractivity (Wildman–Crippen MR) is 161 cm³/mol. The normalized spacial score (nSPS) is 14.4. The number of benzene rings is 1. The van der Waals surface area contributed by atoms with E-state index in [0.29, 0.717) is 32.6 Å². The minimum atomic E-state index is -4.37. The molecular weight excluding hydrogens is 572 g/mol. The summed E-state index contributed by atoms with van der Waals surface area (Å²) in [6.07, 6.45) is 8.13. The molecule has 4 rings (SSSR count). The second kappa shape index (κ2) is 13.5. The number of hydrogen-bond acceptors (Lipinski definition) is 11. The summed E-state index contributed by atoms with van der Waals surface area (Å²) in [5.74, 6) is 0. The lowest BCUT2D eigenvalue weighted by Gasteiger charge is -2.30. The fraction of sp³-hybridized carbons (Fsp3) is 0.571. The third kappa shape index (κ3) is 10.4. The molecule has 0 saturated carbocycles. The summed E-state index contributed by atoms with van der Waals surface area (Å²) < 4.78 is 38.0. The first kappa shape index (κ1) is 32.5. The van der Waals surface area contributed by atoms with E-state index in [1.165, 1.54) is 0 Å². The summed E-state index contributed by atoms with van der Waals surface area (Å²) >= 11 is 0. The summed E-state index contributed by atoms with van der Waals surface area (Å²) in [7, 11) is -4.37. The van der Waals surface area contributed by atoms with Gasteiger partial charge in [0.25, 0.3) is 0 Å². The van der Waals surface area contributed by atoms with Gasteiger partial charge in [-0.05, 0) is 71.9 Å². The zero-order valence-electron chi connectivity index (χ0n) is 25.9. The minimum absolute atomic E-state index is 0.0274. The molecule has 236 valence electrons. The van der Waals surface area contributed by atoms with Crippen LogP contribution in [0.2, 0.25) is 0 Å². The van der Waals surface area contributed by atoms with Gasteiger partial charge in [0.2, 0.25) is 0 Å². The van der Waals surface area contributed by atoms with Gasteiger partial charge in [-0.3, -0.25) is 14.5 Å². The van der Waals surface area contributed by atoms with Gasteiger partial charge in [0.15, 0.2) is 0 Å². The molecule has 0 fully saturated rings. The average Bonchev–Trinajstić information content (AvgIpc) is 3.65. The smallest absolute Gasteiger partial charge is 0.305 e. The predicted octanol–water partition coefficient (Wildman–Crippen LogP) is 2.78. The fourth-order valence-corrected chi connectivity index (χ4v) is 4.77. The van der Waals surface area contributed by atoms with E-state index in [1.807, 2.05) is 21.8 Å². The minimum Gasteiger partial charge on any atom is -0.305 e. The third-order valence-electron chi connectivity index (χ3n) is 6.78. The molecule has 1 aliphatic heterocycles. The Balaban J connectivity index is 1.36. The van der Waals surface area contributed by atoms with E-state index in [-0.39, 0.29) is 17.7 Å². The van der Waals surface area contributed by atoms with Crippen LogP contribution in [0, 0.1) is 0 Å². The molecule has 14 nitrogen and oxygen atoms in total. The molecule has 0 spiro atoms. The van der Waals surface area contributed by atoms with Crippen LogP contribution in [0.4, 0.5) is 0 Å². The van der Waals surface area contributed by atoms with E-state index < -0.39 is 10.4 Å². The Kier molecular flexibility index (Phi) is 10.2. The Morgan fingerprint density at radius 1 is 0.884 bits per heavy atom. The van der Waals surface area contributed by atoms with Crippen LogP contribution in [0.15, 0.2) is 48.6 Å². The van der Waals surface area contributed by atoms with Crippen LogP contribution in [0.25, 0.3) is 0 Å². The lowest BCUT2D eigenvalue weighted by Crippen LogP contribution is -2.47. The van der Waals surface area contributed by atoms with Crippen molar-refractivity contribution < 1.29 is 17.2 Å². The highest BCUT2D eigenvalue weighted by molar-refractivity contribution is 7.80. The zero-order valence-corrected chi connectivity index (χ0v) is 26.7. The van der Waals surface area contributed by atoms with Gasteiger partial charge >= 0.3 is 10.4 Å². The molecule has 1 aromatic carbocycles. The molecule has 0 unspecified atom stereocenters. The SMILES string of the molecule is CC(C)(C)N1C=C(CN(Cc2cn(Cc3ccc(CCCCOS(=O)(=O)O)cc3)nn2)Cc2cn(C(C)(C)C)nn2)NN1. The fourth-order valence-electron chi connectivity index (χ4n) is 4.44. The van der Waals surface area contributed by atoms with Crippen LogP contribution >= 0.6 is 0 Å². The first-order chi connectivity index (χ1) is 20.1. The van der Waals surface area contributed by atoms with E-state index in [4.69, 9.17) is 4.55 Å². The second-order valence-corrected chi connectivity index (χ2v) is 13.9. The summed E-state index contributed by atoms with van der Waals surface area (Å²) in [6.45, 7) is 15.1. The molecule has 0 radical (unpaired) electrons. The first-order valence-electron chi connectivity index (χ1n) is 14.4. The van der Waals surface area contributed by atoms with Crippen molar-refractivity contribution in [1.82, 2.24) is 50.9 Å². The Morgan fingerprint density at radius 2 is 1.53 bits per heavy atom. The van der Waals surface area contributed by atoms with Gasteiger partial charge < -0.3 is 5.43 Å². The molecule has 0 amide bonds. The average molecular weight is 617 g/mol. The topological polar surface area (TPSA) is 156 Å². The lowest BCUT2D eigenvalue weighted by molar-refractivity contribution is 0.137. The van der Waals surface area contributed by atoms with Crippen molar-refractivity contribution in [2.45, 2.75) is 91.5 Å². The summed E-state index contributed by atoms with van der Waals surface area (Å²) in [6, 6.07) is 8.23. The van der Waals surface area contributed by atoms with Crippen molar-refractivity contribution in [2.24, 2.45) is 0 Å². The van der Waals surface area contributed by atoms with Crippen molar-refractivity contribution in [2.75, 3.05) is 13.2 Å². The maximum absolute atomic E-state index is 10.6. The number of hydrogen-bond donors (Lipinski definition) is 3. The van der Waals surface area contributed by atoms with Gasteiger partial charge in [-0.25, -0.2) is 13.5 Å². The number of rotatable bonds is 14. The zero-order chi connectivity index (χ0) is 31.3. The number of nitrogens with one attached hydrogen (secondary N) is 2. The van der Waals surface area contributed by atoms with E-state index in [1.54, 1.807) is 0 Å². The van der Waals surface area contributed by atoms with Gasteiger partial charge in [-0.1, -0.05) is 34.7 Å². The number of hydrazine groups is 2. The van der Waals surface area contributed by atoms with Crippen molar-refractivity contribution in [3.05, 3.63) is 71.1 Å². The maximum atomic E-state index is 10.6. The largest absolute Gasteiger partial charge is 0.397 e. The molecule has 0 saturated heterocycles. The monoisotopic (exact) mass is 616 g/mol.